The number of carbonyl (C=O) groups excluding carboxylic acids is 1. The zero-order valence-electron chi connectivity index (χ0n) is 9.99. The summed E-state index contributed by atoms with van der Waals surface area (Å²) in [6, 6.07) is 4.72. The molecule has 2 heterocycles. The third kappa shape index (κ3) is 2.22. The van der Waals surface area contributed by atoms with Gasteiger partial charge in [0.15, 0.2) is 0 Å². The Kier molecular flexibility index (Phi) is 3.88. The Labute approximate surface area is 112 Å². The van der Waals surface area contributed by atoms with Crippen LogP contribution in [0.15, 0.2) is 18.2 Å². The molecule has 3 rings (SSSR count). The molecule has 2 aliphatic rings. The first-order chi connectivity index (χ1) is 8.25. The van der Waals surface area contributed by atoms with E-state index in [1.807, 2.05) is 0 Å². The number of nitrogens with one attached hydrogen (secondary N) is 1. The molecule has 1 saturated heterocycles. The molecule has 98 valence electrons. The van der Waals surface area contributed by atoms with Gasteiger partial charge in [0.2, 0.25) is 5.91 Å². The number of amides is 1. The highest BCUT2D eigenvalue weighted by atomic mass is 35.5. The predicted molar refractivity (Wildman–Crippen MR) is 70.7 cm³/mol. The molecule has 0 aromatic heterocycles. The van der Waals surface area contributed by atoms with Gasteiger partial charge in [0.25, 0.3) is 0 Å². The van der Waals surface area contributed by atoms with Crippen molar-refractivity contribution < 1.29 is 9.18 Å². The van der Waals surface area contributed by atoms with Crippen molar-refractivity contribution in [3.05, 3.63) is 29.6 Å². The van der Waals surface area contributed by atoms with Gasteiger partial charge >= 0.3 is 0 Å². The summed E-state index contributed by atoms with van der Waals surface area (Å²) in [5.74, 6) is -0.0726. The zero-order valence-corrected chi connectivity index (χ0v) is 10.8. The molecule has 1 amide bonds. The Hall–Kier alpha value is -1.13. The van der Waals surface area contributed by atoms with Crippen LogP contribution in [0.5, 0.6) is 0 Å². The van der Waals surface area contributed by atoms with Crippen molar-refractivity contribution in [1.82, 2.24) is 5.32 Å². The van der Waals surface area contributed by atoms with E-state index in [4.69, 9.17) is 0 Å². The van der Waals surface area contributed by atoms with E-state index < -0.39 is 0 Å². The van der Waals surface area contributed by atoms with Crippen molar-refractivity contribution in [3.63, 3.8) is 0 Å². The Morgan fingerprint density at radius 1 is 1.44 bits per heavy atom. The van der Waals surface area contributed by atoms with E-state index in [2.05, 4.69) is 5.32 Å². The molecule has 1 unspecified atom stereocenters. The van der Waals surface area contributed by atoms with Gasteiger partial charge in [0, 0.05) is 18.8 Å². The van der Waals surface area contributed by atoms with E-state index in [0.717, 1.165) is 37.2 Å². The number of hydrogen-bond acceptors (Lipinski definition) is 2. The number of fused-ring (bicyclic) bond motifs is 1. The van der Waals surface area contributed by atoms with E-state index in [9.17, 15) is 9.18 Å². The van der Waals surface area contributed by atoms with Gasteiger partial charge in [-0.3, -0.25) is 4.79 Å². The Bertz CT molecular complexity index is 460. The highest BCUT2D eigenvalue weighted by Gasteiger charge is 2.31. The van der Waals surface area contributed by atoms with E-state index in [-0.39, 0.29) is 30.0 Å². The minimum absolute atomic E-state index is 0. The van der Waals surface area contributed by atoms with Crippen molar-refractivity contribution >= 4 is 24.0 Å². The van der Waals surface area contributed by atoms with Gasteiger partial charge in [0.05, 0.1) is 5.92 Å². The van der Waals surface area contributed by atoms with Crippen LogP contribution >= 0.6 is 12.4 Å². The van der Waals surface area contributed by atoms with Crippen LogP contribution in [0.3, 0.4) is 0 Å². The van der Waals surface area contributed by atoms with Gasteiger partial charge in [-0.05, 0) is 37.1 Å². The maximum absolute atomic E-state index is 13.2. The van der Waals surface area contributed by atoms with E-state index in [1.165, 1.54) is 12.1 Å². The number of anilines is 1. The predicted octanol–water partition coefficient (Wildman–Crippen LogP) is 1.75. The first-order valence-electron chi connectivity index (χ1n) is 6.06. The van der Waals surface area contributed by atoms with Crippen LogP contribution in [0.2, 0.25) is 0 Å². The molecule has 0 bridgehead atoms. The maximum Gasteiger partial charge on any atom is 0.231 e. The SMILES string of the molecule is Cl.O=C(C1CCNC1)N1CCc2ccc(F)cc21. The quantitative estimate of drug-likeness (QED) is 0.843. The zero-order chi connectivity index (χ0) is 11.8. The van der Waals surface area contributed by atoms with Crippen LogP contribution in [0.25, 0.3) is 0 Å². The van der Waals surface area contributed by atoms with Crippen molar-refractivity contribution in [2.45, 2.75) is 12.8 Å². The van der Waals surface area contributed by atoms with Crippen molar-refractivity contribution in [2.24, 2.45) is 5.92 Å². The molecule has 3 nitrogen and oxygen atoms in total. The summed E-state index contributed by atoms with van der Waals surface area (Å²) < 4.78 is 13.2. The molecule has 18 heavy (non-hydrogen) atoms. The summed E-state index contributed by atoms with van der Waals surface area (Å²) in [5.41, 5.74) is 1.84. The minimum atomic E-state index is -0.270. The fraction of sp³-hybridized carbons (Fsp3) is 0.462. The lowest BCUT2D eigenvalue weighted by atomic mass is 10.1. The minimum Gasteiger partial charge on any atom is -0.316 e. The normalized spacial score (nSPS) is 21.6. The van der Waals surface area contributed by atoms with Crippen molar-refractivity contribution in [2.75, 3.05) is 24.5 Å². The van der Waals surface area contributed by atoms with E-state index in [1.54, 1.807) is 11.0 Å². The summed E-state index contributed by atoms with van der Waals surface area (Å²) in [6.07, 6.45) is 1.72. The lowest BCUT2D eigenvalue weighted by Gasteiger charge is -2.20. The average Bonchev–Trinajstić information content (AvgIpc) is 2.97. The molecule has 1 fully saturated rings. The van der Waals surface area contributed by atoms with Crippen LogP contribution in [-0.2, 0) is 11.2 Å². The summed E-state index contributed by atoms with van der Waals surface area (Å²) in [5, 5.41) is 3.19. The number of benzene rings is 1. The molecule has 0 radical (unpaired) electrons. The van der Waals surface area contributed by atoms with Gasteiger partial charge in [-0.1, -0.05) is 6.07 Å². The fourth-order valence-electron chi connectivity index (χ4n) is 2.67. The molecular formula is C13H16ClFN2O. The highest BCUT2D eigenvalue weighted by molar-refractivity contribution is 5.97. The molecule has 0 saturated carbocycles. The lowest BCUT2D eigenvalue weighted by molar-refractivity contribution is -0.121. The van der Waals surface area contributed by atoms with Gasteiger partial charge in [0.1, 0.15) is 5.82 Å². The standard InChI is InChI=1S/C13H15FN2O.ClH/c14-11-2-1-9-4-6-16(12(9)7-11)13(17)10-3-5-15-8-10;/h1-2,7,10,15H,3-6,8H2;1H. The van der Waals surface area contributed by atoms with E-state index >= 15 is 0 Å². The molecule has 0 aliphatic carbocycles. The number of hydrogen-bond donors (Lipinski definition) is 1. The highest BCUT2D eigenvalue weighted by Crippen LogP contribution is 2.30. The number of carbonyl (C=O) groups is 1. The molecule has 2 aliphatic heterocycles. The largest absolute Gasteiger partial charge is 0.316 e. The maximum atomic E-state index is 13.2. The van der Waals surface area contributed by atoms with Crippen LogP contribution in [-0.4, -0.2) is 25.5 Å². The second kappa shape index (κ2) is 5.24. The Morgan fingerprint density at radius 3 is 3.00 bits per heavy atom. The fourth-order valence-corrected chi connectivity index (χ4v) is 2.67. The molecule has 1 aromatic rings. The lowest BCUT2D eigenvalue weighted by Crippen LogP contribution is -2.35. The number of nitrogens with zero attached hydrogens (tertiary/aromatic N) is 1. The third-order valence-corrected chi connectivity index (χ3v) is 3.62. The van der Waals surface area contributed by atoms with Crippen LogP contribution < -0.4 is 10.2 Å². The number of halogens is 2. The Morgan fingerprint density at radius 2 is 2.28 bits per heavy atom. The van der Waals surface area contributed by atoms with Gasteiger partial charge in [-0.25, -0.2) is 4.39 Å². The monoisotopic (exact) mass is 270 g/mol. The van der Waals surface area contributed by atoms with Crippen molar-refractivity contribution in [3.8, 4) is 0 Å². The third-order valence-electron chi connectivity index (χ3n) is 3.62. The second-order valence-electron chi connectivity index (χ2n) is 4.70. The number of rotatable bonds is 1. The topological polar surface area (TPSA) is 32.3 Å². The van der Waals surface area contributed by atoms with Crippen molar-refractivity contribution in [1.29, 1.82) is 0 Å². The van der Waals surface area contributed by atoms with Crippen LogP contribution in [0.4, 0.5) is 10.1 Å². The van der Waals surface area contributed by atoms with Crippen LogP contribution in [0, 0.1) is 11.7 Å². The molecule has 5 heteroatoms. The molecular weight excluding hydrogens is 255 g/mol. The summed E-state index contributed by atoms with van der Waals surface area (Å²) in [4.78, 5) is 14.0. The summed E-state index contributed by atoms with van der Waals surface area (Å²) >= 11 is 0. The first-order valence-corrected chi connectivity index (χ1v) is 6.06. The van der Waals surface area contributed by atoms with Gasteiger partial charge < -0.3 is 10.2 Å². The molecule has 1 N–H and O–H groups in total. The second-order valence-corrected chi connectivity index (χ2v) is 4.70. The molecule has 1 atom stereocenters. The summed E-state index contributed by atoms with van der Waals surface area (Å²) in [6.45, 7) is 2.34. The van der Waals surface area contributed by atoms with Crippen LogP contribution in [0.1, 0.15) is 12.0 Å². The molecule has 0 spiro atoms. The van der Waals surface area contributed by atoms with Gasteiger partial charge in [-0.15, -0.1) is 12.4 Å². The smallest absolute Gasteiger partial charge is 0.231 e. The molecule has 1 aromatic carbocycles. The Balaban J connectivity index is 0.00000120. The van der Waals surface area contributed by atoms with E-state index in [0.29, 0.717) is 6.54 Å². The average molecular weight is 271 g/mol. The summed E-state index contributed by atoms with van der Waals surface area (Å²) in [7, 11) is 0. The van der Waals surface area contributed by atoms with Gasteiger partial charge in [-0.2, -0.15) is 0 Å². The first kappa shape index (κ1) is 13.3.